The summed E-state index contributed by atoms with van der Waals surface area (Å²) in [5.74, 6) is 8.11. The normalized spacial score (nSPS) is 10.1. The highest BCUT2D eigenvalue weighted by Gasteiger charge is 2.09. The molecule has 4 heteroatoms. The molecule has 1 heterocycles. The van der Waals surface area contributed by atoms with Gasteiger partial charge in [-0.25, -0.2) is 0 Å². The van der Waals surface area contributed by atoms with Gasteiger partial charge in [0.2, 0.25) is 5.78 Å². The average molecular weight is 434 g/mol. The number of ketones is 1. The quantitative estimate of drug-likeness (QED) is 0.225. The first-order valence-corrected chi connectivity index (χ1v) is 10.7. The molecule has 0 aliphatic rings. The summed E-state index contributed by atoms with van der Waals surface area (Å²) >= 11 is 0. The Bertz CT molecular complexity index is 1290. The third-order valence-corrected chi connectivity index (χ3v) is 4.95. The topological polar surface area (TPSA) is 48.4 Å². The fourth-order valence-corrected chi connectivity index (χ4v) is 3.37. The number of benzene rings is 3. The van der Waals surface area contributed by atoms with E-state index in [9.17, 15) is 4.79 Å². The molecular weight excluding hydrogens is 410 g/mol. The van der Waals surface area contributed by atoms with Gasteiger partial charge in [0.05, 0.1) is 0 Å². The third-order valence-electron chi connectivity index (χ3n) is 4.95. The van der Waals surface area contributed by atoms with E-state index in [-0.39, 0.29) is 5.78 Å². The summed E-state index contributed by atoms with van der Waals surface area (Å²) in [5, 5.41) is 0. The molecule has 3 aromatic carbocycles. The van der Waals surface area contributed by atoms with Crippen molar-refractivity contribution in [3.05, 3.63) is 103 Å². The zero-order chi connectivity index (χ0) is 22.9. The summed E-state index contributed by atoms with van der Waals surface area (Å²) in [7, 11) is 0. The van der Waals surface area contributed by atoms with E-state index in [1.165, 1.54) is 0 Å². The van der Waals surface area contributed by atoms with Crippen molar-refractivity contribution in [1.82, 2.24) is 4.98 Å². The summed E-state index contributed by atoms with van der Waals surface area (Å²) in [4.78, 5) is 16.0. The number of para-hydroxylation sites is 1. The molecule has 0 spiro atoms. The second-order valence-electron chi connectivity index (χ2n) is 7.36. The average Bonchev–Trinajstić information content (AvgIpc) is 2.85. The number of carbonyl (C=O) groups excluding carboxylic acids is 1. The lowest BCUT2D eigenvalue weighted by Gasteiger charge is -2.12. The second-order valence-corrected chi connectivity index (χ2v) is 7.36. The summed E-state index contributed by atoms with van der Waals surface area (Å²) in [5.41, 5.74) is 2.92. The van der Waals surface area contributed by atoms with Gasteiger partial charge in [0, 0.05) is 24.4 Å². The number of hydrogen-bond donors (Lipinski definition) is 0. The Hall–Kier alpha value is -4.36. The van der Waals surface area contributed by atoms with Gasteiger partial charge < -0.3 is 9.47 Å². The number of carbonyl (C=O) groups is 1. The molecule has 0 fully saturated rings. The van der Waals surface area contributed by atoms with Crippen LogP contribution in [0.15, 0.2) is 97.3 Å². The Morgan fingerprint density at radius 1 is 0.848 bits per heavy atom. The highest BCUT2D eigenvalue weighted by atomic mass is 16.5. The van der Waals surface area contributed by atoms with Crippen LogP contribution in [0, 0.1) is 11.8 Å². The van der Waals surface area contributed by atoms with Crippen molar-refractivity contribution in [2.75, 3.05) is 0 Å². The molecule has 4 rings (SSSR count). The Balaban J connectivity index is 1.49. The summed E-state index contributed by atoms with van der Waals surface area (Å²) in [6.45, 7) is 1.67. The summed E-state index contributed by atoms with van der Waals surface area (Å²) in [6.07, 6.45) is 4.53. The van der Waals surface area contributed by atoms with Gasteiger partial charge in [-0.15, -0.1) is 0 Å². The van der Waals surface area contributed by atoms with E-state index < -0.39 is 0 Å². The molecule has 1 aromatic heterocycles. The molecule has 0 radical (unpaired) electrons. The van der Waals surface area contributed by atoms with Crippen molar-refractivity contribution < 1.29 is 14.3 Å². The lowest BCUT2D eigenvalue weighted by Crippen LogP contribution is -1.97. The summed E-state index contributed by atoms with van der Waals surface area (Å²) < 4.78 is 12.0. The lowest BCUT2D eigenvalue weighted by molar-refractivity contribution is -0.113. The number of rotatable bonds is 8. The molecule has 0 saturated heterocycles. The van der Waals surface area contributed by atoms with Crippen LogP contribution in [0.2, 0.25) is 0 Å². The first kappa shape index (κ1) is 21.9. The molecule has 0 aliphatic carbocycles. The number of Topliss-reactive ketones (excluding diaryl/α,β-unsaturated/α-hetero) is 1. The van der Waals surface area contributed by atoms with E-state index in [2.05, 4.69) is 22.9 Å². The number of hydrogen-bond acceptors (Lipinski definition) is 4. The molecule has 0 atom stereocenters. The monoisotopic (exact) mass is 433 g/mol. The van der Waals surface area contributed by atoms with E-state index in [0.29, 0.717) is 24.3 Å². The third kappa shape index (κ3) is 6.09. The molecular formula is C29H23NO3. The Morgan fingerprint density at radius 2 is 1.58 bits per heavy atom. The van der Waals surface area contributed by atoms with Crippen LogP contribution in [0.5, 0.6) is 23.0 Å². The van der Waals surface area contributed by atoms with Crippen LogP contribution < -0.4 is 9.47 Å². The fourth-order valence-electron chi connectivity index (χ4n) is 3.37. The molecule has 4 nitrogen and oxygen atoms in total. The molecule has 0 amide bonds. The molecule has 0 aliphatic heterocycles. The zero-order valence-corrected chi connectivity index (χ0v) is 18.3. The number of aryl methyl sites for hydroxylation is 1. The van der Waals surface area contributed by atoms with Crippen LogP contribution >= 0.6 is 0 Å². The van der Waals surface area contributed by atoms with Crippen LogP contribution in [0.3, 0.4) is 0 Å². The fraction of sp³-hybridized carbons (Fsp3) is 0.103. The van der Waals surface area contributed by atoms with Crippen LogP contribution in [0.4, 0.5) is 0 Å². The number of pyridine rings is 1. The van der Waals surface area contributed by atoms with Crippen molar-refractivity contribution >= 4 is 5.78 Å². The number of ether oxygens (including phenoxy) is 2. The van der Waals surface area contributed by atoms with Crippen LogP contribution in [-0.4, -0.2) is 10.8 Å². The van der Waals surface area contributed by atoms with E-state index in [0.717, 1.165) is 28.2 Å². The van der Waals surface area contributed by atoms with Crippen LogP contribution in [0.25, 0.3) is 11.1 Å². The summed E-state index contributed by atoms with van der Waals surface area (Å²) in [6, 6.07) is 27.1. The van der Waals surface area contributed by atoms with Gasteiger partial charge in [0.25, 0.3) is 0 Å². The first-order chi connectivity index (χ1) is 16.2. The van der Waals surface area contributed by atoms with Crippen LogP contribution in [-0.2, 0) is 11.2 Å². The van der Waals surface area contributed by atoms with Crippen molar-refractivity contribution in [2.24, 2.45) is 0 Å². The zero-order valence-electron chi connectivity index (χ0n) is 18.3. The molecule has 4 aromatic rings. The van der Waals surface area contributed by atoms with Gasteiger partial charge >= 0.3 is 0 Å². The molecule has 0 bridgehead atoms. The van der Waals surface area contributed by atoms with Crippen molar-refractivity contribution in [3.8, 4) is 46.0 Å². The van der Waals surface area contributed by atoms with Gasteiger partial charge in [-0.1, -0.05) is 48.4 Å². The van der Waals surface area contributed by atoms with Gasteiger partial charge in [-0.2, -0.15) is 0 Å². The van der Waals surface area contributed by atoms with E-state index >= 15 is 0 Å². The van der Waals surface area contributed by atoms with Crippen molar-refractivity contribution in [2.45, 2.75) is 19.8 Å². The van der Waals surface area contributed by atoms with E-state index in [1.807, 2.05) is 78.9 Å². The van der Waals surface area contributed by atoms with Gasteiger partial charge in [0.1, 0.15) is 23.0 Å². The SMILES string of the molecule is CC#CC(=O)CCc1cccc(-c2cnccc2Oc2ccc(Oc3ccccc3)cc2)c1. The molecule has 0 unspecified atom stereocenters. The predicted molar refractivity (Wildman–Crippen MR) is 129 cm³/mol. The maximum absolute atomic E-state index is 11.7. The molecule has 162 valence electrons. The van der Waals surface area contributed by atoms with Gasteiger partial charge in [0.15, 0.2) is 0 Å². The highest BCUT2D eigenvalue weighted by Crippen LogP contribution is 2.34. The minimum absolute atomic E-state index is 0.0482. The second kappa shape index (κ2) is 10.8. The Labute approximate surface area is 193 Å². The smallest absolute Gasteiger partial charge is 0.205 e. The highest BCUT2D eigenvalue weighted by molar-refractivity contribution is 5.95. The van der Waals surface area contributed by atoms with Gasteiger partial charge in [-0.05, 0) is 72.9 Å². The number of aromatic nitrogens is 1. The van der Waals surface area contributed by atoms with E-state index in [4.69, 9.17) is 9.47 Å². The Morgan fingerprint density at radius 3 is 2.33 bits per heavy atom. The number of nitrogens with zero attached hydrogens (tertiary/aromatic N) is 1. The maximum Gasteiger partial charge on any atom is 0.205 e. The van der Waals surface area contributed by atoms with Crippen molar-refractivity contribution in [3.63, 3.8) is 0 Å². The molecule has 0 saturated carbocycles. The largest absolute Gasteiger partial charge is 0.457 e. The maximum atomic E-state index is 11.7. The predicted octanol–water partition coefficient (Wildman–Crippen LogP) is 6.86. The standard InChI is InChI=1S/C29H23NO3/c1-2-7-24(31)13-12-22-8-6-9-23(20-22)28-21-30-19-18-29(28)33-27-16-14-26(15-17-27)32-25-10-4-3-5-11-25/h3-6,8-11,14-21H,12-13H2,1H3. The van der Waals surface area contributed by atoms with Gasteiger partial charge in [-0.3, -0.25) is 9.78 Å². The minimum atomic E-state index is -0.0482. The molecule has 0 N–H and O–H groups in total. The van der Waals surface area contributed by atoms with Crippen LogP contribution in [0.1, 0.15) is 18.9 Å². The molecule has 33 heavy (non-hydrogen) atoms. The Kier molecular flexibility index (Phi) is 7.15. The first-order valence-electron chi connectivity index (χ1n) is 10.7. The van der Waals surface area contributed by atoms with Crippen molar-refractivity contribution in [1.29, 1.82) is 0 Å². The lowest BCUT2D eigenvalue weighted by atomic mass is 10.0. The minimum Gasteiger partial charge on any atom is -0.457 e. The van der Waals surface area contributed by atoms with E-state index in [1.54, 1.807) is 19.3 Å².